The summed E-state index contributed by atoms with van der Waals surface area (Å²) in [5.74, 6) is -0.444. The van der Waals surface area contributed by atoms with Crippen LogP contribution in [0, 0.1) is 0 Å². The van der Waals surface area contributed by atoms with Crippen LogP contribution in [0.4, 0.5) is 5.69 Å². The van der Waals surface area contributed by atoms with Crippen LogP contribution in [0.2, 0.25) is 0 Å². The fourth-order valence-corrected chi connectivity index (χ4v) is 3.30. The summed E-state index contributed by atoms with van der Waals surface area (Å²) in [6.07, 6.45) is 0. The van der Waals surface area contributed by atoms with Crippen LogP contribution >= 0.6 is 0 Å². The zero-order valence-corrected chi connectivity index (χ0v) is 18.2. The van der Waals surface area contributed by atoms with E-state index >= 15 is 0 Å². The number of hydrazone groups is 1. The highest BCUT2D eigenvalue weighted by Crippen LogP contribution is 2.20. The van der Waals surface area contributed by atoms with Gasteiger partial charge in [0.2, 0.25) is 0 Å². The molecule has 0 bridgehead atoms. The molecule has 33 heavy (non-hydrogen) atoms. The van der Waals surface area contributed by atoms with Crippen molar-refractivity contribution in [1.29, 1.82) is 0 Å². The van der Waals surface area contributed by atoms with Gasteiger partial charge in [-0.2, -0.15) is 5.10 Å². The molecule has 2 amide bonds. The predicted octanol–water partition coefficient (Wildman–Crippen LogP) is 5.76. The minimum atomic E-state index is -0.267. The molecule has 4 aromatic rings. The Balaban J connectivity index is 1.37. The van der Waals surface area contributed by atoms with E-state index in [4.69, 9.17) is 0 Å². The van der Waals surface area contributed by atoms with E-state index in [1.54, 1.807) is 24.3 Å². The van der Waals surface area contributed by atoms with Crippen molar-refractivity contribution in [2.75, 3.05) is 5.32 Å². The van der Waals surface area contributed by atoms with Gasteiger partial charge in [0.15, 0.2) is 0 Å². The molecular weight excluding hydrogens is 410 g/mol. The van der Waals surface area contributed by atoms with Crippen LogP contribution in [0.15, 0.2) is 114 Å². The highest BCUT2D eigenvalue weighted by atomic mass is 16.2. The van der Waals surface area contributed by atoms with Gasteiger partial charge in [-0.3, -0.25) is 9.59 Å². The maximum Gasteiger partial charge on any atom is 0.271 e. The maximum absolute atomic E-state index is 12.6. The molecule has 0 radical (unpaired) electrons. The molecule has 0 aromatic heterocycles. The summed E-state index contributed by atoms with van der Waals surface area (Å²) in [5.41, 5.74) is 8.04. The lowest BCUT2D eigenvalue weighted by atomic mass is 10.0. The predicted molar refractivity (Wildman–Crippen MR) is 132 cm³/mol. The molecule has 0 heterocycles. The second-order valence-electron chi connectivity index (χ2n) is 7.48. The van der Waals surface area contributed by atoms with Crippen LogP contribution in [0.3, 0.4) is 0 Å². The SMILES string of the molecule is CC(=NNC(=O)c1ccccc1)c1ccc(NC(=O)c2ccc(-c3ccccc3)cc2)cc1. The number of amides is 2. The van der Waals surface area contributed by atoms with Gasteiger partial charge in [0, 0.05) is 16.8 Å². The number of nitrogens with one attached hydrogen (secondary N) is 2. The van der Waals surface area contributed by atoms with Gasteiger partial charge in [-0.05, 0) is 60.0 Å². The summed E-state index contributed by atoms with van der Waals surface area (Å²) in [7, 11) is 0. The lowest BCUT2D eigenvalue weighted by molar-refractivity contribution is 0.0954. The number of rotatable bonds is 6. The Kier molecular flexibility index (Phi) is 6.71. The van der Waals surface area contributed by atoms with Crippen molar-refractivity contribution in [3.63, 3.8) is 0 Å². The van der Waals surface area contributed by atoms with Crippen LogP contribution in [0.25, 0.3) is 11.1 Å². The standard InChI is InChI=1S/C28H23N3O2/c1-20(30-31-28(33)24-10-6-3-7-11-24)21-16-18-26(19-17-21)29-27(32)25-14-12-23(13-15-25)22-8-4-2-5-9-22/h2-19H,1H3,(H,29,32)(H,31,33). The van der Waals surface area contributed by atoms with Crippen molar-refractivity contribution in [2.24, 2.45) is 5.10 Å². The third-order valence-electron chi connectivity index (χ3n) is 5.18. The van der Waals surface area contributed by atoms with Gasteiger partial charge in [-0.1, -0.05) is 72.8 Å². The van der Waals surface area contributed by atoms with E-state index in [1.165, 1.54) is 0 Å². The fourth-order valence-electron chi connectivity index (χ4n) is 3.30. The van der Waals surface area contributed by atoms with Crippen LogP contribution in [0.5, 0.6) is 0 Å². The fraction of sp³-hybridized carbons (Fsp3) is 0.0357. The molecule has 4 rings (SSSR count). The topological polar surface area (TPSA) is 70.6 Å². The van der Waals surface area contributed by atoms with Crippen LogP contribution in [-0.4, -0.2) is 17.5 Å². The molecule has 4 aromatic carbocycles. The Labute approximate surface area is 192 Å². The molecule has 0 aliphatic heterocycles. The Morgan fingerprint density at radius 3 is 1.73 bits per heavy atom. The molecule has 5 nitrogen and oxygen atoms in total. The van der Waals surface area contributed by atoms with Gasteiger partial charge in [0.25, 0.3) is 11.8 Å². The summed E-state index contributed by atoms with van der Waals surface area (Å²) in [4.78, 5) is 24.7. The van der Waals surface area contributed by atoms with E-state index in [0.717, 1.165) is 16.7 Å². The van der Waals surface area contributed by atoms with E-state index in [2.05, 4.69) is 15.8 Å². The van der Waals surface area contributed by atoms with Crippen molar-refractivity contribution < 1.29 is 9.59 Å². The van der Waals surface area contributed by atoms with Crippen molar-refractivity contribution in [3.05, 3.63) is 126 Å². The molecule has 0 atom stereocenters. The summed E-state index contributed by atoms with van der Waals surface area (Å²) in [6.45, 7) is 1.81. The summed E-state index contributed by atoms with van der Waals surface area (Å²) >= 11 is 0. The second kappa shape index (κ2) is 10.2. The number of benzene rings is 4. The number of carbonyl (C=O) groups is 2. The molecule has 2 N–H and O–H groups in total. The van der Waals surface area contributed by atoms with E-state index < -0.39 is 0 Å². The van der Waals surface area contributed by atoms with Gasteiger partial charge in [0.05, 0.1) is 5.71 Å². The Bertz CT molecular complexity index is 1260. The largest absolute Gasteiger partial charge is 0.322 e. The van der Waals surface area contributed by atoms with Gasteiger partial charge in [-0.25, -0.2) is 5.43 Å². The second-order valence-corrected chi connectivity index (χ2v) is 7.48. The molecule has 0 spiro atoms. The highest BCUT2D eigenvalue weighted by Gasteiger charge is 2.08. The van der Waals surface area contributed by atoms with Crippen LogP contribution < -0.4 is 10.7 Å². The number of anilines is 1. The molecule has 0 unspecified atom stereocenters. The van der Waals surface area contributed by atoms with Gasteiger partial charge in [0.1, 0.15) is 0 Å². The first-order valence-corrected chi connectivity index (χ1v) is 10.6. The smallest absolute Gasteiger partial charge is 0.271 e. The molecule has 5 heteroatoms. The van der Waals surface area contributed by atoms with E-state index in [1.807, 2.05) is 91.9 Å². The normalized spacial score (nSPS) is 11.0. The zero-order valence-electron chi connectivity index (χ0n) is 18.2. The van der Waals surface area contributed by atoms with Crippen LogP contribution in [-0.2, 0) is 0 Å². The minimum absolute atomic E-state index is 0.178. The highest BCUT2D eigenvalue weighted by molar-refractivity contribution is 6.05. The van der Waals surface area contributed by atoms with Crippen molar-refractivity contribution in [2.45, 2.75) is 6.92 Å². The average Bonchev–Trinajstić information content (AvgIpc) is 2.88. The lowest BCUT2D eigenvalue weighted by Crippen LogP contribution is -2.19. The van der Waals surface area contributed by atoms with E-state index in [0.29, 0.717) is 22.5 Å². The van der Waals surface area contributed by atoms with Crippen molar-refractivity contribution >= 4 is 23.2 Å². The lowest BCUT2D eigenvalue weighted by Gasteiger charge is -2.08. The molecule has 0 fully saturated rings. The van der Waals surface area contributed by atoms with Gasteiger partial charge >= 0.3 is 0 Å². The number of hydrogen-bond donors (Lipinski definition) is 2. The minimum Gasteiger partial charge on any atom is -0.322 e. The number of carbonyl (C=O) groups excluding carboxylic acids is 2. The first-order valence-electron chi connectivity index (χ1n) is 10.6. The Morgan fingerprint density at radius 1 is 0.576 bits per heavy atom. The molecule has 0 aliphatic rings. The number of hydrogen-bond acceptors (Lipinski definition) is 3. The van der Waals surface area contributed by atoms with E-state index in [-0.39, 0.29) is 11.8 Å². The quantitative estimate of drug-likeness (QED) is 0.300. The van der Waals surface area contributed by atoms with Crippen molar-refractivity contribution in [1.82, 2.24) is 5.43 Å². The molecule has 0 aliphatic carbocycles. The Morgan fingerprint density at radius 2 is 1.09 bits per heavy atom. The molecule has 162 valence electrons. The van der Waals surface area contributed by atoms with E-state index in [9.17, 15) is 9.59 Å². The average molecular weight is 434 g/mol. The van der Waals surface area contributed by atoms with Crippen LogP contribution in [0.1, 0.15) is 33.2 Å². The maximum atomic E-state index is 12.6. The summed E-state index contributed by atoms with van der Waals surface area (Å²) in [6, 6.07) is 33.8. The third-order valence-corrected chi connectivity index (χ3v) is 5.18. The first kappa shape index (κ1) is 21.7. The van der Waals surface area contributed by atoms with Crippen molar-refractivity contribution in [3.8, 4) is 11.1 Å². The summed E-state index contributed by atoms with van der Waals surface area (Å²) in [5, 5.41) is 7.08. The zero-order chi connectivity index (χ0) is 23.0. The number of nitrogens with zero attached hydrogens (tertiary/aromatic N) is 1. The third kappa shape index (κ3) is 5.60. The summed E-state index contributed by atoms with van der Waals surface area (Å²) < 4.78 is 0. The monoisotopic (exact) mass is 433 g/mol. The first-order chi connectivity index (χ1) is 16.1. The van der Waals surface area contributed by atoms with Gasteiger partial charge in [-0.15, -0.1) is 0 Å². The van der Waals surface area contributed by atoms with Gasteiger partial charge < -0.3 is 5.32 Å². The molecular formula is C28H23N3O2. The Hall–Kier alpha value is -4.51. The molecule has 0 saturated carbocycles. The molecule has 0 saturated heterocycles.